The summed E-state index contributed by atoms with van der Waals surface area (Å²) in [5.74, 6) is 1.85. The van der Waals surface area contributed by atoms with Crippen molar-refractivity contribution in [3.05, 3.63) is 66.0 Å². The maximum atomic E-state index is 12.6. The fourth-order valence-electron chi connectivity index (χ4n) is 3.54. The Kier molecular flexibility index (Phi) is 4.26. The standard InChI is InChI=1S/C21H23N3O/c1-24(21(25)17-14-16(17)15-8-3-2-4-9-15)13-7-12-20-22-18-10-5-6-11-19(18)23-20/h2-6,8-11,16-17H,7,12-14H2,1H3,(H,22,23). The number of fused-ring (bicyclic) bond motifs is 1. The highest BCUT2D eigenvalue weighted by molar-refractivity contribution is 5.82. The van der Waals surface area contributed by atoms with Gasteiger partial charge < -0.3 is 9.88 Å². The first-order chi connectivity index (χ1) is 12.2. The zero-order valence-electron chi connectivity index (χ0n) is 14.5. The number of rotatable bonds is 6. The molecule has 3 aromatic rings. The van der Waals surface area contributed by atoms with Crippen molar-refractivity contribution in [1.29, 1.82) is 0 Å². The number of carbonyl (C=O) groups is 1. The van der Waals surface area contributed by atoms with E-state index in [1.807, 2.05) is 54.4 Å². The molecule has 1 aromatic heterocycles. The first kappa shape index (κ1) is 15.9. The summed E-state index contributed by atoms with van der Waals surface area (Å²) in [4.78, 5) is 22.4. The van der Waals surface area contributed by atoms with Gasteiger partial charge in [-0.15, -0.1) is 0 Å². The van der Waals surface area contributed by atoms with Crippen LogP contribution in [-0.2, 0) is 11.2 Å². The number of aryl methyl sites for hydroxylation is 1. The van der Waals surface area contributed by atoms with Gasteiger partial charge >= 0.3 is 0 Å². The van der Waals surface area contributed by atoms with E-state index in [4.69, 9.17) is 0 Å². The fourth-order valence-corrected chi connectivity index (χ4v) is 3.54. The molecule has 2 atom stereocenters. The van der Waals surface area contributed by atoms with Crippen molar-refractivity contribution in [3.63, 3.8) is 0 Å². The molecule has 4 heteroatoms. The summed E-state index contributed by atoms with van der Waals surface area (Å²) in [5, 5.41) is 0. The van der Waals surface area contributed by atoms with E-state index in [9.17, 15) is 4.79 Å². The van der Waals surface area contributed by atoms with Crippen LogP contribution in [0, 0.1) is 5.92 Å². The van der Waals surface area contributed by atoms with Gasteiger partial charge in [-0.2, -0.15) is 0 Å². The van der Waals surface area contributed by atoms with Gasteiger partial charge in [-0.3, -0.25) is 4.79 Å². The summed E-state index contributed by atoms with van der Waals surface area (Å²) in [5.41, 5.74) is 3.37. The molecular weight excluding hydrogens is 310 g/mol. The van der Waals surface area contributed by atoms with E-state index < -0.39 is 0 Å². The third-order valence-corrected chi connectivity index (χ3v) is 5.06. The summed E-state index contributed by atoms with van der Waals surface area (Å²) in [6.45, 7) is 0.772. The first-order valence-corrected chi connectivity index (χ1v) is 8.96. The summed E-state index contributed by atoms with van der Waals surface area (Å²) < 4.78 is 0. The number of aromatic nitrogens is 2. The topological polar surface area (TPSA) is 49.0 Å². The van der Waals surface area contributed by atoms with Gasteiger partial charge in [0.2, 0.25) is 5.91 Å². The zero-order chi connectivity index (χ0) is 17.2. The predicted molar refractivity (Wildman–Crippen MR) is 99.3 cm³/mol. The lowest BCUT2D eigenvalue weighted by Crippen LogP contribution is -2.29. The Balaban J connectivity index is 1.27. The van der Waals surface area contributed by atoms with Gasteiger partial charge in [-0.1, -0.05) is 42.5 Å². The molecular formula is C21H23N3O. The molecule has 0 aliphatic heterocycles. The first-order valence-electron chi connectivity index (χ1n) is 8.96. The highest BCUT2D eigenvalue weighted by Gasteiger charge is 2.44. The summed E-state index contributed by atoms with van der Waals surface area (Å²) in [6, 6.07) is 18.4. The van der Waals surface area contributed by atoms with E-state index in [0.717, 1.165) is 42.7 Å². The molecule has 4 rings (SSSR count). The number of nitrogens with zero attached hydrogens (tertiary/aromatic N) is 2. The second-order valence-electron chi connectivity index (χ2n) is 6.92. The van der Waals surface area contributed by atoms with Crippen LogP contribution in [0.1, 0.15) is 30.1 Å². The monoisotopic (exact) mass is 333 g/mol. The number of nitrogens with one attached hydrogen (secondary N) is 1. The summed E-state index contributed by atoms with van der Waals surface area (Å²) in [6.07, 6.45) is 2.76. The number of para-hydroxylation sites is 2. The third-order valence-electron chi connectivity index (χ3n) is 5.06. The molecule has 128 valence electrons. The predicted octanol–water partition coefficient (Wildman–Crippen LogP) is 3.76. The molecule has 1 aliphatic carbocycles. The van der Waals surface area contributed by atoms with Crippen molar-refractivity contribution in [2.75, 3.05) is 13.6 Å². The Labute approximate surface area is 147 Å². The van der Waals surface area contributed by atoms with Crippen LogP contribution >= 0.6 is 0 Å². The van der Waals surface area contributed by atoms with Crippen molar-refractivity contribution < 1.29 is 4.79 Å². The molecule has 0 saturated heterocycles. The molecule has 0 bridgehead atoms. The summed E-state index contributed by atoms with van der Waals surface area (Å²) >= 11 is 0. The van der Waals surface area contributed by atoms with Gasteiger partial charge in [-0.05, 0) is 36.5 Å². The van der Waals surface area contributed by atoms with Gasteiger partial charge in [0, 0.05) is 25.9 Å². The Morgan fingerprint density at radius 2 is 1.92 bits per heavy atom. The average Bonchev–Trinajstić information content (AvgIpc) is 3.34. The van der Waals surface area contributed by atoms with Crippen LogP contribution in [0.25, 0.3) is 11.0 Å². The largest absolute Gasteiger partial charge is 0.345 e. The van der Waals surface area contributed by atoms with Crippen LogP contribution in [-0.4, -0.2) is 34.4 Å². The van der Waals surface area contributed by atoms with E-state index in [1.54, 1.807) is 0 Å². The van der Waals surface area contributed by atoms with Crippen molar-refractivity contribution in [3.8, 4) is 0 Å². The maximum Gasteiger partial charge on any atom is 0.226 e. The quantitative estimate of drug-likeness (QED) is 0.747. The number of imidazole rings is 1. The lowest BCUT2D eigenvalue weighted by molar-refractivity contribution is -0.131. The van der Waals surface area contributed by atoms with E-state index in [1.165, 1.54) is 5.56 Å². The zero-order valence-corrected chi connectivity index (χ0v) is 14.5. The van der Waals surface area contributed by atoms with Crippen LogP contribution in [0.15, 0.2) is 54.6 Å². The van der Waals surface area contributed by atoms with Gasteiger partial charge in [0.25, 0.3) is 0 Å². The molecule has 1 aliphatic rings. The minimum atomic E-state index is 0.165. The Bertz CT molecular complexity index is 838. The molecule has 0 spiro atoms. The molecule has 2 unspecified atom stereocenters. The molecule has 1 amide bonds. The molecule has 4 nitrogen and oxygen atoms in total. The second kappa shape index (κ2) is 6.71. The molecule has 2 aromatic carbocycles. The number of carbonyl (C=O) groups excluding carboxylic acids is 1. The van der Waals surface area contributed by atoms with Crippen LogP contribution in [0.4, 0.5) is 0 Å². The van der Waals surface area contributed by atoms with Crippen LogP contribution in [0.3, 0.4) is 0 Å². The second-order valence-corrected chi connectivity index (χ2v) is 6.92. The SMILES string of the molecule is CN(CCCc1nc2ccccc2[nH]1)C(=O)C1CC1c1ccccc1. The van der Waals surface area contributed by atoms with Crippen molar-refractivity contribution >= 4 is 16.9 Å². The number of aromatic amines is 1. The average molecular weight is 333 g/mol. The normalized spacial score (nSPS) is 19.1. The number of H-pyrrole nitrogens is 1. The van der Waals surface area contributed by atoms with E-state index >= 15 is 0 Å². The van der Waals surface area contributed by atoms with Crippen LogP contribution < -0.4 is 0 Å². The fraction of sp³-hybridized carbons (Fsp3) is 0.333. The van der Waals surface area contributed by atoms with Gasteiger partial charge in [0.1, 0.15) is 5.82 Å². The van der Waals surface area contributed by atoms with Gasteiger partial charge in [0.05, 0.1) is 11.0 Å². The van der Waals surface area contributed by atoms with Crippen molar-refractivity contribution in [2.24, 2.45) is 5.92 Å². The van der Waals surface area contributed by atoms with Gasteiger partial charge in [-0.25, -0.2) is 4.98 Å². The number of hydrogen-bond acceptors (Lipinski definition) is 2. The lowest BCUT2D eigenvalue weighted by atomic mass is 10.1. The number of hydrogen-bond donors (Lipinski definition) is 1. The minimum absolute atomic E-state index is 0.165. The molecule has 25 heavy (non-hydrogen) atoms. The highest BCUT2D eigenvalue weighted by atomic mass is 16.2. The summed E-state index contributed by atoms with van der Waals surface area (Å²) in [7, 11) is 1.92. The smallest absolute Gasteiger partial charge is 0.226 e. The van der Waals surface area contributed by atoms with Gasteiger partial charge in [0.15, 0.2) is 0 Å². The number of amides is 1. The lowest BCUT2D eigenvalue weighted by Gasteiger charge is -2.17. The van der Waals surface area contributed by atoms with Crippen LogP contribution in [0.2, 0.25) is 0 Å². The minimum Gasteiger partial charge on any atom is -0.345 e. The van der Waals surface area contributed by atoms with Crippen molar-refractivity contribution in [1.82, 2.24) is 14.9 Å². The Morgan fingerprint density at radius 3 is 2.72 bits per heavy atom. The highest BCUT2D eigenvalue weighted by Crippen LogP contribution is 2.48. The number of benzene rings is 2. The molecule has 0 radical (unpaired) electrons. The third kappa shape index (κ3) is 3.43. The Hall–Kier alpha value is -2.62. The van der Waals surface area contributed by atoms with Crippen LogP contribution in [0.5, 0.6) is 0 Å². The molecule has 1 fully saturated rings. The van der Waals surface area contributed by atoms with E-state index in [2.05, 4.69) is 22.1 Å². The molecule has 1 heterocycles. The molecule has 1 saturated carbocycles. The van der Waals surface area contributed by atoms with E-state index in [-0.39, 0.29) is 11.8 Å². The molecule has 1 N–H and O–H groups in total. The van der Waals surface area contributed by atoms with E-state index in [0.29, 0.717) is 5.92 Å². The van der Waals surface area contributed by atoms with Crippen molar-refractivity contribution in [2.45, 2.75) is 25.2 Å². The Morgan fingerprint density at radius 1 is 1.16 bits per heavy atom. The maximum absolute atomic E-state index is 12.6.